The average Bonchev–Trinajstić information content (AvgIpc) is 2.72. The van der Waals surface area contributed by atoms with Crippen LogP contribution in [0.25, 0.3) is 0 Å². The highest BCUT2D eigenvalue weighted by molar-refractivity contribution is 5.76. The average molecular weight is 469 g/mol. The van der Waals surface area contributed by atoms with Gasteiger partial charge in [0, 0.05) is 6.42 Å². The van der Waals surface area contributed by atoms with E-state index >= 15 is 0 Å². The summed E-state index contributed by atoms with van der Waals surface area (Å²) in [6.07, 6.45) is 18.3. The van der Waals surface area contributed by atoms with Crippen molar-refractivity contribution in [1.29, 1.82) is 0 Å². The van der Waals surface area contributed by atoms with Crippen molar-refractivity contribution in [2.75, 3.05) is 20.6 Å². The van der Waals surface area contributed by atoms with Crippen LogP contribution in [-0.2, 0) is 9.59 Å². The van der Waals surface area contributed by atoms with E-state index in [9.17, 15) is 14.7 Å². The zero-order valence-corrected chi connectivity index (χ0v) is 23.1. The van der Waals surface area contributed by atoms with Gasteiger partial charge in [0.15, 0.2) is 0 Å². The lowest BCUT2D eigenvalue weighted by Crippen LogP contribution is -2.67. The largest absolute Gasteiger partial charge is 0.544 e. The molecule has 0 aliphatic carbocycles. The normalized spacial score (nSPS) is 13.3. The molecule has 0 aromatic carbocycles. The van der Waals surface area contributed by atoms with Crippen LogP contribution >= 0.6 is 0 Å². The number of hydrogen-bond acceptors (Lipinski definition) is 3. The van der Waals surface area contributed by atoms with E-state index in [1.54, 1.807) is 13.8 Å². The summed E-state index contributed by atoms with van der Waals surface area (Å²) < 4.78 is 0.270. The standard InChI is InChI=1S/C28H56N2O3/c1-8-25(23-30(6,7)28(4,5)27(32)33)29-26(31)22-20-18-16-14-12-10-9-11-13-15-17-19-21-24(2)3/h24-25H,8-23H2,1-7H3,(H-,29,31,32,33). The predicted molar refractivity (Wildman–Crippen MR) is 138 cm³/mol. The van der Waals surface area contributed by atoms with Crippen LogP contribution in [-0.4, -0.2) is 48.6 Å². The van der Waals surface area contributed by atoms with Crippen molar-refractivity contribution >= 4 is 11.9 Å². The van der Waals surface area contributed by atoms with Crippen LogP contribution in [0.4, 0.5) is 0 Å². The van der Waals surface area contributed by atoms with Crippen LogP contribution in [0.2, 0.25) is 0 Å². The van der Waals surface area contributed by atoms with Crippen molar-refractivity contribution in [3.8, 4) is 0 Å². The van der Waals surface area contributed by atoms with Gasteiger partial charge in [0.1, 0.15) is 11.5 Å². The molecule has 0 saturated heterocycles. The summed E-state index contributed by atoms with van der Waals surface area (Å²) in [5.74, 6) is -0.132. The van der Waals surface area contributed by atoms with Crippen LogP contribution in [0.5, 0.6) is 0 Å². The smallest absolute Gasteiger partial charge is 0.220 e. The maximum atomic E-state index is 12.4. The number of rotatable bonds is 21. The molecule has 1 unspecified atom stereocenters. The van der Waals surface area contributed by atoms with Gasteiger partial charge >= 0.3 is 0 Å². The molecule has 0 aromatic rings. The van der Waals surface area contributed by atoms with E-state index in [1.807, 2.05) is 21.0 Å². The van der Waals surface area contributed by atoms with Crippen molar-refractivity contribution < 1.29 is 19.2 Å². The van der Waals surface area contributed by atoms with E-state index in [2.05, 4.69) is 19.2 Å². The molecule has 196 valence electrons. The fourth-order valence-electron chi connectivity index (χ4n) is 4.21. The first-order valence-electron chi connectivity index (χ1n) is 13.8. The summed E-state index contributed by atoms with van der Waals surface area (Å²) in [6, 6.07) is -0.0265. The van der Waals surface area contributed by atoms with Crippen LogP contribution in [0.3, 0.4) is 0 Å². The number of hydrogen-bond donors (Lipinski definition) is 1. The van der Waals surface area contributed by atoms with Crippen LogP contribution in [0.1, 0.15) is 131 Å². The highest BCUT2D eigenvalue weighted by Gasteiger charge is 2.39. The number of quaternary nitrogens is 1. The van der Waals surface area contributed by atoms with E-state index in [0.717, 1.165) is 25.2 Å². The molecule has 0 fully saturated rings. The molecule has 0 aromatic heterocycles. The third kappa shape index (κ3) is 14.7. The highest BCUT2D eigenvalue weighted by Crippen LogP contribution is 2.21. The van der Waals surface area contributed by atoms with Gasteiger partial charge < -0.3 is 19.7 Å². The molecule has 0 radical (unpaired) electrons. The second kappa shape index (κ2) is 17.4. The molecular weight excluding hydrogens is 412 g/mol. The fourth-order valence-corrected chi connectivity index (χ4v) is 4.21. The molecule has 1 atom stereocenters. The van der Waals surface area contributed by atoms with E-state index < -0.39 is 11.5 Å². The Morgan fingerprint density at radius 1 is 0.818 bits per heavy atom. The van der Waals surface area contributed by atoms with Gasteiger partial charge in [-0.15, -0.1) is 0 Å². The van der Waals surface area contributed by atoms with Crippen molar-refractivity contribution in [1.82, 2.24) is 5.32 Å². The lowest BCUT2D eigenvalue weighted by atomic mass is 9.99. The minimum Gasteiger partial charge on any atom is -0.544 e. The summed E-state index contributed by atoms with van der Waals surface area (Å²) in [7, 11) is 3.78. The SMILES string of the molecule is CCC(C[N+](C)(C)C(C)(C)C(=O)[O-])NC(=O)CCCCCCCCCCCCCCC(C)C. The number of unbranched alkanes of at least 4 members (excludes halogenated alkanes) is 11. The van der Waals surface area contributed by atoms with Gasteiger partial charge in [0.05, 0.1) is 26.7 Å². The molecule has 1 amide bonds. The second-order valence-corrected chi connectivity index (χ2v) is 11.6. The van der Waals surface area contributed by atoms with Crippen molar-refractivity contribution in [3.63, 3.8) is 0 Å². The van der Waals surface area contributed by atoms with Crippen LogP contribution < -0.4 is 10.4 Å². The first-order valence-corrected chi connectivity index (χ1v) is 13.8. The summed E-state index contributed by atoms with van der Waals surface area (Å²) in [5.41, 5.74) is -1.01. The van der Waals surface area contributed by atoms with Gasteiger partial charge in [0.25, 0.3) is 0 Å². The van der Waals surface area contributed by atoms with E-state index in [4.69, 9.17) is 0 Å². The minimum absolute atomic E-state index is 0.0265. The van der Waals surface area contributed by atoms with Gasteiger partial charge in [0.2, 0.25) is 5.91 Å². The summed E-state index contributed by atoms with van der Waals surface area (Å²) >= 11 is 0. The van der Waals surface area contributed by atoms with Crippen molar-refractivity contribution in [2.45, 2.75) is 143 Å². The fraction of sp³-hybridized carbons (Fsp3) is 0.929. The Morgan fingerprint density at radius 2 is 1.24 bits per heavy atom. The number of carbonyl (C=O) groups excluding carboxylic acids is 2. The summed E-state index contributed by atoms with van der Waals surface area (Å²) in [5, 5.41) is 14.6. The van der Waals surface area contributed by atoms with Gasteiger partial charge in [-0.1, -0.05) is 97.8 Å². The topological polar surface area (TPSA) is 69.2 Å². The summed E-state index contributed by atoms with van der Waals surface area (Å²) in [6.45, 7) is 10.6. The Labute approximate surface area is 205 Å². The van der Waals surface area contributed by atoms with Crippen molar-refractivity contribution in [2.24, 2.45) is 5.92 Å². The Morgan fingerprint density at radius 3 is 1.64 bits per heavy atom. The molecule has 0 aliphatic rings. The number of carboxylic acids is 1. The molecule has 0 saturated carbocycles. The number of nitrogens with zero attached hydrogens (tertiary/aromatic N) is 1. The van der Waals surface area contributed by atoms with E-state index in [1.165, 1.54) is 70.6 Å². The molecule has 0 bridgehead atoms. The second-order valence-electron chi connectivity index (χ2n) is 11.6. The number of aliphatic carboxylic acids is 1. The monoisotopic (exact) mass is 468 g/mol. The quantitative estimate of drug-likeness (QED) is 0.176. The van der Waals surface area contributed by atoms with E-state index in [0.29, 0.717) is 13.0 Å². The molecular formula is C28H56N2O3. The first kappa shape index (κ1) is 31.9. The lowest BCUT2D eigenvalue weighted by molar-refractivity contribution is -0.931. The molecule has 0 rings (SSSR count). The molecule has 33 heavy (non-hydrogen) atoms. The number of carbonyl (C=O) groups is 2. The number of amides is 1. The predicted octanol–water partition coefficient (Wildman–Crippen LogP) is 5.60. The molecule has 0 spiro atoms. The van der Waals surface area contributed by atoms with Gasteiger partial charge in [-0.3, -0.25) is 4.79 Å². The molecule has 1 N–H and O–H groups in total. The lowest BCUT2D eigenvalue weighted by Gasteiger charge is -2.46. The zero-order valence-electron chi connectivity index (χ0n) is 23.1. The zero-order chi connectivity index (χ0) is 25.3. The minimum atomic E-state index is -1.06. The number of likely N-dealkylation sites (N-methyl/N-ethyl adjacent to an activating group) is 1. The Kier molecular flexibility index (Phi) is 16.8. The Balaban J connectivity index is 3.80. The van der Waals surface area contributed by atoms with Gasteiger partial charge in [-0.2, -0.15) is 0 Å². The number of nitrogens with one attached hydrogen (secondary N) is 1. The summed E-state index contributed by atoms with van der Waals surface area (Å²) in [4.78, 5) is 23.9. The Bertz CT molecular complexity index is 529. The van der Waals surface area contributed by atoms with Crippen LogP contribution in [0.15, 0.2) is 0 Å². The number of carboxylic acid groups (broad SMARTS) is 1. The maximum Gasteiger partial charge on any atom is 0.220 e. The van der Waals surface area contributed by atoms with Gasteiger partial charge in [-0.25, -0.2) is 0 Å². The molecule has 0 aliphatic heterocycles. The van der Waals surface area contributed by atoms with Crippen molar-refractivity contribution in [3.05, 3.63) is 0 Å². The Hall–Kier alpha value is -1.10. The maximum absolute atomic E-state index is 12.4. The van der Waals surface area contributed by atoms with E-state index in [-0.39, 0.29) is 16.4 Å². The van der Waals surface area contributed by atoms with Crippen LogP contribution in [0, 0.1) is 5.92 Å². The molecule has 5 nitrogen and oxygen atoms in total. The highest BCUT2D eigenvalue weighted by atomic mass is 16.4. The molecule has 5 heteroatoms. The van der Waals surface area contributed by atoms with Gasteiger partial charge in [-0.05, 0) is 32.6 Å². The third-order valence-electron chi connectivity index (χ3n) is 7.48. The molecule has 0 heterocycles. The first-order chi connectivity index (χ1) is 15.4. The third-order valence-corrected chi connectivity index (χ3v) is 7.48.